The van der Waals surface area contributed by atoms with Crippen molar-refractivity contribution in [2.24, 2.45) is 0 Å². The first-order chi connectivity index (χ1) is 11.1. The number of nitrogens with zero attached hydrogens (tertiary/aromatic N) is 4. The number of rotatable bonds is 5. The highest BCUT2D eigenvalue weighted by Gasteiger charge is 2.24. The van der Waals surface area contributed by atoms with Crippen LogP contribution in [0, 0.1) is 6.92 Å². The number of carboxylic acid groups (broad SMARTS) is 1. The van der Waals surface area contributed by atoms with E-state index in [9.17, 15) is 4.79 Å². The van der Waals surface area contributed by atoms with Gasteiger partial charge >= 0.3 is 5.97 Å². The first-order valence-corrected chi connectivity index (χ1v) is 8.66. The predicted molar refractivity (Wildman–Crippen MR) is 103 cm³/mol. The van der Waals surface area contributed by atoms with Gasteiger partial charge in [0.05, 0.1) is 12.1 Å². The van der Waals surface area contributed by atoms with Gasteiger partial charge in [-0.15, -0.1) is 24.8 Å². The summed E-state index contributed by atoms with van der Waals surface area (Å²) in [5.74, 6) is 1.57. The Hall–Kier alpha value is -1.11. The van der Waals surface area contributed by atoms with Gasteiger partial charge in [0.1, 0.15) is 11.6 Å². The lowest BCUT2D eigenvalue weighted by Crippen LogP contribution is -2.36. The quantitative estimate of drug-likeness (QED) is 0.833. The third kappa shape index (κ3) is 5.97. The molecule has 0 aromatic carbocycles. The Morgan fingerprint density at radius 2 is 1.92 bits per heavy atom. The van der Waals surface area contributed by atoms with Crippen LogP contribution in [0.4, 0.5) is 5.82 Å². The highest BCUT2D eigenvalue weighted by Crippen LogP contribution is 2.28. The average molecular weight is 391 g/mol. The van der Waals surface area contributed by atoms with Gasteiger partial charge in [-0.2, -0.15) is 0 Å². The van der Waals surface area contributed by atoms with Crippen molar-refractivity contribution in [3.63, 3.8) is 0 Å². The fraction of sp³-hybridized carbons (Fsp3) is 0.706. The zero-order valence-corrected chi connectivity index (χ0v) is 16.3. The van der Waals surface area contributed by atoms with Gasteiger partial charge in [-0.25, -0.2) is 9.97 Å². The van der Waals surface area contributed by atoms with Crippen molar-refractivity contribution in [2.45, 2.75) is 44.9 Å². The molecule has 0 spiro atoms. The summed E-state index contributed by atoms with van der Waals surface area (Å²) in [7, 11) is 0. The highest BCUT2D eigenvalue weighted by atomic mass is 35.5. The van der Waals surface area contributed by atoms with E-state index in [1.54, 1.807) is 0 Å². The fourth-order valence-corrected chi connectivity index (χ4v) is 3.65. The van der Waals surface area contributed by atoms with Crippen molar-refractivity contribution >= 4 is 36.6 Å². The fourth-order valence-electron chi connectivity index (χ4n) is 3.65. The van der Waals surface area contributed by atoms with Crippen LogP contribution < -0.4 is 4.90 Å². The standard InChI is InChI=1S/C17H26N4O2.2ClH/c1-13-18-15(11-16(19-13)21-8-2-3-9-21)14-5-4-7-20(12-14)10-6-17(22)23;;/h11,14H,2-10,12H2,1H3,(H,22,23);2*1H. The van der Waals surface area contributed by atoms with Crippen LogP contribution in [-0.2, 0) is 4.79 Å². The van der Waals surface area contributed by atoms with E-state index in [2.05, 4.69) is 25.8 Å². The molecule has 0 saturated carbocycles. The molecule has 2 aliphatic rings. The van der Waals surface area contributed by atoms with Crippen LogP contribution in [-0.4, -0.2) is 58.7 Å². The van der Waals surface area contributed by atoms with Gasteiger partial charge in [0.2, 0.25) is 0 Å². The summed E-state index contributed by atoms with van der Waals surface area (Å²) in [6.07, 6.45) is 4.93. The summed E-state index contributed by atoms with van der Waals surface area (Å²) >= 11 is 0. The number of aryl methyl sites for hydroxylation is 1. The largest absolute Gasteiger partial charge is 0.481 e. The van der Waals surface area contributed by atoms with E-state index < -0.39 is 5.97 Å². The Balaban J connectivity index is 0.00000156. The molecule has 1 aromatic heterocycles. The molecule has 25 heavy (non-hydrogen) atoms. The molecule has 1 N–H and O–H groups in total. The lowest BCUT2D eigenvalue weighted by Gasteiger charge is -2.32. The van der Waals surface area contributed by atoms with Crippen molar-refractivity contribution < 1.29 is 9.90 Å². The maximum Gasteiger partial charge on any atom is 0.304 e. The SMILES string of the molecule is Cc1nc(C2CCCN(CCC(=O)O)C2)cc(N2CCCC2)n1.Cl.Cl. The van der Waals surface area contributed by atoms with Gasteiger partial charge in [-0.05, 0) is 39.2 Å². The van der Waals surface area contributed by atoms with Crippen LogP contribution in [0.15, 0.2) is 6.07 Å². The topological polar surface area (TPSA) is 69.6 Å². The molecule has 0 radical (unpaired) electrons. The summed E-state index contributed by atoms with van der Waals surface area (Å²) in [5, 5.41) is 8.87. The highest BCUT2D eigenvalue weighted by molar-refractivity contribution is 5.85. The number of carbonyl (C=O) groups is 1. The zero-order chi connectivity index (χ0) is 16.2. The maximum atomic E-state index is 10.8. The van der Waals surface area contributed by atoms with E-state index in [-0.39, 0.29) is 31.2 Å². The third-order valence-electron chi connectivity index (χ3n) is 4.84. The number of anilines is 1. The van der Waals surface area contributed by atoms with E-state index in [0.29, 0.717) is 12.5 Å². The molecule has 0 bridgehead atoms. The zero-order valence-electron chi connectivity index (χ0n) is 14.7. The second-order valence-corrected chi connectivity index (χ2v) is 6.68. The van der Waals surface area contributed by atoms with Crippen LogP contribution >= 0.6 is 24.8 Å². The summed E-state index contributed by atoms with van der Waals surface area (Å²) in [5.41, 5.74) is 1.12. The molecular formula is C17H28Cl2N4O2. The molecule has 1 aromatic rings. The Labute approximate surface area is 161 Å². The van der Waals surface area contributed by atoms with E-state index in [1.807, 2.05) is 6.92 Å². The molecule has 1 atom stereocenters. The maximum absolute atomic E-state index is 10.8. The van der Waals surface area contributed by atoms with Crippen LogP contribution in [0.2, 0.25) is 0 Å². The number of aliphatic carboxylic acids is 1. The van der Waals surface area contributed by atoms with Gasteiger partial charge in [0.15, 0.2) is 0 Å². The van der Waals surface area contributed by atoms with Crippen LogP contribution in [0.25, 0.3) is 0 Å². The minimum atomic E-state index is -0.721. The van der Waals surface area contributed by atoms with Crippen LogP contribution in [0.5, 0.6) is 0 Å². The predicted octanol–water partition coefficient (Wildman–Crippen LogP) is 2.88. The van der Waals surface area contributed by atoms with Gasteiger partial charge in [0.25, 0.3) is 0 Å². The molecule has 8 heteroatoms. The van der Waals surface area contributed by atoms with E-state index in [4.69, 9.17) is 5.11 Å². The third-order valence-corrected chi connectivity index (χ3v) is 4.84. The van der Waals surface area contributed by atoms with Crippen LogP contribution in [0.3, 0.4) is 0 Å². The second-order valence-electron chi connectivity index (χ2n) is 6.68. The Kier molecular flexibility index (Phi) is 8.89. The Bertz CT molecular complexity index is 568. The normalized spacial score (nSPS) is 20.7. The van der Waals surface area contributed by atoms with Crippen molar-refractivity contribution in [1.82, 2.24) is 14.9 Å². The summed E-state index contributed by atoms with van der Waals surface area (Å²) in [6.45, 7) is 6.68. The molecular weight excluding hydrogens is 363 g/mol. The number of aromatic nitrogens is 2. The van der Waals surface area contributed by atoms with E-state index in [0.717, 1.165) is 56.4 Å². The molecule has 1 unspecified atom stereocenters. The molecule has 2 saturated heterocycles. The summed E-state index contributed by atoms with van der Waals surface area (Å²) in [4.78, 5) is 24.7. The molecule has 0 amide bonds. The van der Waals surface area contributed by atoms with Gasteiger partial charge in [-0.3, -0.25) is 4.79 Å². The average Bonchev–Trinajstić information content (AvgIpc) is 3.07. The lowest BCUT2D eigenvalue weighted by atomic mass is 9.94. The smallest absolute Gasteiger partial charge is 0.304 e. The number of halogens is 2. The number of carboxylic acids is 1. The van der Waals surface area contributed by atoms with Gasteiger partial charge in [-0.1, -0.05) is 0 Å². The van der Waals surface area contributed by atoms with Gasteiger partial charge < -0.3 is 14.9 Å². The van der Waals surface area contributed by atoms with Crippen molar-refractivity contribution in [1.29, 1.82) is 0 Å². The molecule has 142 valence electrons. The first kappa shape index (κ1) is 21.9. The monoisotopic (exact) mass is 390 g/mol. The second kappa shape index (κ2) is 10.1. The number of hydrogen-bond donors (Lipinski definition) is 1. The molecule has 6 nitrogen and oxygen atoms in total. The summed E-state index contributed by atoms with van der Waals surface area (Å²) < 4.78 is 0. The molecule has 2 fully saturated rings. The summed E-state index contributed by atoms with van der Waals surface area (Å²) in [6, 6.07) is 2.16. The number of piperidine rings is 1. The van der Waals surface area contributed by atoms with Gasteiger partial charge in [0, 0.05) is 38.2 Å². The molecule has 3 rings (SSSR count). The number of likely N-dealkylation sites (tertiary alicyclic amines) is 1. The minimum Gasteiger partial charge on any atom is -0.481 e. The Morgan fingerprint density at radius 1 is 1.20 bits per heavy atom. The van der Waals surface area contributed by atoms with Crippen LogP contribution in [0.1, 0.15) is 49.5 Å². The van der Waals surface area contributed by atoms with E-state index >= 15 is 0 Å². The van der Waals surface area contributed by atoms with Crippen molar-refractivity contribution in [3.8, 4) is 0 Å². The van der Waals surface area contributed by atoms with Crippen molar-refractivity contribution in [3.05, 3.63) is 17.6 Å². The lowest BCUT2D eigenvalue weighted by molar-refractivity contribution is -0.137. The minimum absolute atomic E-state index is 0. The molecule has 2 aliphatic heterocycles. The van der Waals surface area contributed by atoms with E-state index in [1.165, 1.54) is 12.8 Å². The molecule has 0 aliphatic carbocycles. The molecule has 3 heterocycles. The first-order valence-electron chi connectivity index (χ1n) is 8.66. The van der Waals surface area contributed by atoms with Crippen molar-refractivity contribution in [2.75, 3.05) is 37.6 Å². The Morgan fingerprint density at radius 3 is 2.60 bits per heavy atom. The number of hydrogen-bond acceptors (Lipinski definition) is 5.